The predicted molar refractivity (Wildman–Crippen MR) is 59.5 cm³/mol. The van der Waals surface area contributed by atoms with E-state index in [1.807, 2.05) is 42.0 Å². The zero-order valence-corrected chi connectivity index (χ0v) is 9.00. The molecule has 2 heteroatoms. The zero-order valence-electron chi connectivity index (χ0n) is 9.00. The average molecular weight is 180 g/mol. The molecule has 1 atom stereocenters. The van der Waals surface area contributed by atoms with Crippen LogP contribution < -0.4 is 4.74 Å². The minimum atomic E-state index is 0.276. The molecule has 0 radical (unpaired) electrons. The van der Waals surface area contributed by atoms with Gasteiger partial charge in [0.15, 0.2) is 0 Å². The Morgan fingerprint density at radius 2 is 2.00 bits per heavy atom. The molecule has 0 bridgehead atoms. The summed E-state index contributed by atoms with van der Waals surface area (Å²) in [5.41, 5.74) is 1.03. The first kappa shape index (κ1) is 11.3. The quantitative estimate of drug-likeness (QED) is 0.512. The van der Waals surface area contributed by atoms with Gasteiger partial charge in [0.1, 0.15) is 0 Å². The van der Waals surface area contributed by atoms with Crippen LogP contribution in [0.5, 0.6) is 5.75 Å². The molecule has 0 fully saturated rings. The zero-order chi connectivity index (χ0) is 10.4. The number of ether oxygens (including phenoxy) is 1. The Morgan fingerprint density at radius 1 is 1.36 bits per heavy atom. The van der Waals surface area contributed by atoms with Gasteiger partial charge < -0.3 is 0 Å². The van der Waals surface area contributed by atoms with E-state index in [0.717, 1.165) is 17.7 Å². The van der Waals surface area contributed by atoms with Crippen LogP contribution in [-0.2, 0) is 0 Å². The van der Waals surface area contributed by atoms with E-state index in [1.165, 1.54) is 0 Å². The van der Waals surface area contributed by atoms with Crippen LogP contribution >= 0.6 is 0 Å². The third-order valence-corrected chi connectivity index (χ3v) is 2.04. The van der Waals surface area contributed by atoms with Gasteiger partial charge in [0.2, 0.25) is 0 Å². The monoisotopic (exact) mass is 180 g/mol. The van der Waals surface area contributed by atoms with Crippen molar-refractivity contribution in [3.05, 3.63) is 29.8 Å². The van der Waals surface area contributed by atoms with Crippen molar-refractivity contribution in [3.8, 4) is 16.3 Å². The maximum atomic E-state index is 5.65. The maximum absolute atomic E-state index is 5.65. The SMILES string of the molecule is [Li][C]#Cc1ccc(OC(C)CC)cc1. The Kier molecular flexibility index (Phi) is 4.67. The van der Waals surface area contributed by atoms with Gasteiger partial charge in [-0.25, -0.2) is 0 Å². The normalized spacial score (nSPS) is 11.4. The van der Waals surface area contributed by atoms with E-state index in [9.17, 15) is 0 Å². The molecule has 0 aliphatic rings. The van der Waals surface area contributed by atoms with Crippen molar-refractivity contribution >= 4 is 17.7 Å². The summed E-state index contributed by atoms with van der Waals surface area (Å²) in [6, 6.07) is 7.89. The molecule has 0 saturated heterocycles. The Hall–Kier alpha value is -0.823. The van der Waals surface area contributed by atoms with Crippen molar-refractivity contribution in [1.82, 2.24) is 0 Å². The summed E-state index contributed by atoms with van der Waals surface area (Å²) in [5.74, 6) is 3.91. The van der Waals surface area contributed by atoms with E-state index in [2.05, 4.69) is 24.4 Å². The summed E-state index contributed by atoms with van der Waals surface area (Å²) in [6.07, 6.45) is 1.30. The molecule has 14 heavy (non-hydrogen) atoms. The molecule has 0 aliphatic carbocycles. The predicted octanol–water partition coefficient (Wildman–Crippen LogP) is 2.34. The molecule has 0 heterocycles. The molecule has 0 N–H and O–H groups in total. The minimum absolute atomic E-state index is 0.276. The van der Waals surface area contributed by atoms with Crippen LogP contribution in [0, 0.1) is 10.5 Å². The molecule has 0 aromatic heterocycles. The summed E-state index contributed by atoms with van der Waals surface area (Å²) in [5, 5.41) is 0. The molecule has 0 amide bonds. The molecule has 68 valence electrons. The summed E-state index contributed by atoms with van der Waals surface area (Å²) in [7, 11) is 0. The van der Waals surface area contributed by atoms with Crippen molar-refractivity contribution in [3.63, 3.8) is 0 Å². The van der Waals surface area contributed by atoms with E-state index >= 15 is 0 Å². The molecule has 0 aliphatic heterocycles. The van der Waals surface area contributed by atoms with E-state index < -0.39 is 0 Å². The fourth-order valence-electron chi connectivity index (χ4n) is 1.08. The van der Waals surface area contributed by atoms with Crippen molar-refractivity contribution < 1.29 is 4.74 Å². The Morgan fingerprint density at radius 3 is 2.50 bits per heavy atom. The number of hydrogen-bond acceptors (Lipinski definition) is 1. The van der Waals surface area contributed by atoms with Crippen LogP contribution in [0.3, 0.4) is 0 Å². The van der Waals surface area contributed by atoms with Crippen LogP contribution in [0.1, 0.15) is 25.8 Å². The van der Waals surface area contributed by atoms with Gasteiger partial charge in [-0.2, -0.15) is 0 Å². The second kappa shape index (κ2) is 5.81. The van der Waals surface area contributed by atoms with Gasteiger partial charge in [-0.1, -0.05) is 0 Å². The topological polar surface area (TPSA) is 9.23 Å². The summed E-state index contributed by atoms with van der Waals surface area (Å²) < 4.78 is 8.51. The third kappa shape index (κ3) is 3.50. The summed E-state index contributed by atoms with van der Waals surface area (Å²) >= 11 is 1.84. The first-order valence-electron chi connectivity index (χ1n) is 4.95. The third-order valence-electron chi connectivity index (χ3n) is 2.04. The van der Waals surface area contributed by atoms with Gasteiger partial charge in [0.25, 0.3) is 0 Å². The van der Waals surface area contributed by atoms with Crippen LogP contribution in [0.15, 0.2) is 24.3 Å². The molecule has 1 unspecified atom stereocenters. The van der Waals surface area contributed by atoms with Gasteiger partial charge in [-0.15, -0.1) is 0 Å². The van der Waals surface area contributed by atoms with E-state index in [1.54, 1.807) is 0 Å². The van der Waals surface area contributed by atoms with Gasteiger partial charge in [0, 0.05) is 0 Å². The molecular weight excluding hydrogens is 167 g/mol. The van der Waals surface area contributed by atoms with Crippen molar-refractivity contribution in [1.29, 1.82) is 0 Å². The number of rotatable bonds is 3. The van der Waals surface area contributed by atoms with Gasteiger partial charge in [-0.3, -0.25) is 0 Å². The molecule has 0 saturated carbocycles. The first-order chi connectivity index (χ1) is 6.76. The van der Waals surface area contributed by atoms with Crippen LogP contribution in [0.2, 0.25) is 0 Å². The molecule has 0 spiro atoms. The van der Waals surface area contributed by atoms with Crippen molar-refractivity contribution in [2.45, 2.75) is 26.4 Å². The van der Waals surface area contributed by atoms with E-state index in [0.29, 0.717) is 0 Å². The van der Waals surface area contributed by atoms with E-state index in [-0.39, 0.29) is 6.10 Å². The number of hydrogen-bond donors (Lipinski definition) is 0. The van der Waals surface area contributed by atoms with Crippen LogP contribution in [0.25, 0.3) is 0 Å². The van der Waals surface area contributed by atoms with Crippen molar-refractivity contribution in [2.75, 3.05) is 0 Å². The molecule has 1 aromatic rings. The standard InChI is InChI=1S/C12H13O.Li/c1-4-10(3)13-12-8-6-11(5-2)7-9-12;/h6-10H,4H2,1,3H3;. The van der Waals surface area contributed by atoms with Crippen molar-refractivity contribution in [2.24, 2.45) is 0 Å². The fraction of sp³-hybridized carbons (Fsp3) is 0.333. The second-order valence-corrected chi connectivity index (χ2v) is 3.24. The molecule has 1 rings (SSSR count). The summed E-state index contributed by atoms with van der Waals surface area (Å²) in [6.45, 7) is 4.18. The Balaban J connectivity index is 2.67. The Bertz CT molecular complexity index is 332. The molecule has 1 nitrogen and oxygen atoms in total. The molecule has 1 aromatic carbocycles. The van der Waals surface area contributed by atoms with Crippen LogP contribution in [-0.4, -0.2) is 23.8 Å². The van der Waals surface area contributed by atoms with Gasteiger partial charge in [0.05, 0.1) is 0 Å². The fourth-order valence-corrected chi connectivity index (χ4v) is 1.08. The van der Waals surface area contributed by atoms with Crippen LogP contribution in [0.4, 0.5) is 0 Å². The molecular formula is C12H13LiO. The van der Waals surface area contributed by atoms with Gasteiger partial charge >= 0.3 is 94.9 Å². The van der Waals surface area contributed by atoms with E-state index in [4.69, 9.17) is 4.74 Å². The number of benzene rings is 1. The average Bonchev–Trinajstić information content (AvgIpc) is 2.21. The van der Waals surface area contributed by atoms with Gasteiger partial charge in [-0.05, 0) is 0 Å². The Labute approximate surface area is 95.1 Å². The second-order valence-electron chi connectivity index (χ2n) is 3.24. The first-order valence-corrected chi connectivity index (χ1v) is 4.95. The summed E-state index contributed by atoms with van der Waals surface area (Å²) in [4.78, 5) is 0.